The van der Waals surface area contributed by atoms with Crippen LogP contribution in [0, 0.1) is 0 Å². The summed E-state index contributed by atoms with van der Waals surface area (Å²) in [4.78, 5) is 12.3. The van der Waals surface area contributed by atoms with Crippen LogP contribution in [0.4, 0.5) is 0 Å². The van der Waals surface area contributed by atoms with Gasteiger partial charge in [0.15, 0.2) is 5.78 Å². The summed E-state index contributed by atoms with van der Waals surface area (Å²) >= 11 is 5.81. The van der Waals surface area contributed by atoms with E-state index >= 15 is 0 Å². The molecule has 0 aromatic heterocycles. The Morgan fingerprint density at radius 1 is 1.17 bits per heavy atom. The van der Waals surface area contributed by atoms with Crippen molar-refractivity contribution in [3.8, 4) is 5.75 Å². The van der Waals surface area contributed by atoms with Crippen molar-refractivity contribution in [3.63, 3.8) is 0 Å². The average Bonchev–Trinajstić information content (AvgIpc) is 2.55. The molecule has 0 aliphatic heterocycles. The van der Waals surface area contributed by atoms with E-state index < -0.39 is 10.0 Å². The predicted molar refractivity (Wildman–Crippen MR) is 93.8 cm³/mol. The number of ketones is 1. The van der Waals surface area contributed by atoms with Gasteiger partial charge in [0.05, 0.1) is 9.92 Å². The fourth-order valence-corrected chi connectivity index (χ4v) is 3.05. The number of aromatic hydroxyl groups is 1. The molecule has 0 amide bonds. The number of hydrogen-bond acceptors (Lipinski definition) is 4. The third-order valence-electron chi connectivity index (χ3n) is 3.30. The standard InChI is InChI=1S/C17H16ClNO4S/c1-19(2)24(22,23)14-5-3-4-13(11-14)16(20)8-6-12-7-9-17(21)15(18)10-12/h3-11,21H,1-2H3/b8-6+. The number of nitrogens with zero attached hydrogens (tertiary/aromatic N) is 1. The molecule has 5 nitrogen and oxygen atoms in total. The van der Waals surface area contributed by atoms with Crippen LogP contribution in [-0.2, 0) is 10.0 Å². The minimum absolute atomic E-state index is 0.0401. The quantitative estimate of drug-likeness (QED) is 0.652. The lowest BCUT2D eigenvalue weighted by molar-refractivity contribution is 0.104. The van der Waals surface area contributed by atoms with Gasteiger partial charge < -0.3 is 5.11 Å². The highest BCUT2D eigenvalue weighted by Crippen LogP contribution is 2.24. The molecule has 0 aliphatic rings. The van der Waals surface area contributed by atoms with Crippen LogP contribution in [0.5, 0.6) is 5.75 Å². The number of rotatable bonds is 5. The van der Waals surface area contributed by atoms with Gasteiger partial charge in [-0.25, -0.2) is 12.7 Å². The second-order valence-electron chi connectivity index (χ2n) is 5.22. The molecule has 0 bridgehead atoms. The topological polar surface area (TPSA) is 74.7 Å². The second kappa shape index (κ2) is 7.17. The average molecular weight is 366 g/mol. The lowest BCUT2D eigenvalue weighted by atomic mass is 10.1. The summed E-state index contributed by atoms with van der Waals surface area (Å²) in [6, 6.07) is 10.4. The third kappa shape index (κ3) is 4.03. The van der Waals surface area contributed by atoms with Gasteiger partial charge >= 0.3 is 0 Å². The third-order valence-corrected chi connectivity index (χ3v) is 5.41. The highest BCUT2D eigenvalue weighted by atomic mass is 35.5. The fraction of sp³-hybridized carbons (Fsp3) is 0.118. The zero-order valence-corrected chi connectivity index (χ0v) is 14.7. The van der Waals surface area contributed by atoms with Crippen LogP contribution in [-0.4, -0.2) is 37.7 Å². The molecule has 1 N–H and O–H groups in total. The van der Waals surface area contributed by atoms with Crippen LogP contribution < -0.4 is 0 Å². The van der Waals surface area contributed by atoms with Gasteiger partial charge in [0.25, 0.3) is 0 Å². The van der Waals surface area contributed by atoms with Gasteiger partial charge in [-0.1, -0.05) is 35.9 Å². The molecule has 0 heterocycles. The van der Waals surface area contributed by atoms with E-state index in [2.05, 4.69) is 0 Å². The molecule has 0 spiro atoms. The molecular formula is C17H16ClNO4S. The largest absolute Gasteiger partial charge is 0.506 e. The van der Waals surface area contributed by atoms with E-state index in [4.69, 9.17) is 11.6 Å². The van der Waals surface area contributed by atoms with Crippen molar-refractivity contribution in [1.82, 2.24) is 4.31 Å². The molecule has 0 saturated heterocycles. The molecule has 0 atom stereocenters. The predicted octanol–water partition coefficient (Wildman–Crippen LogP) is 3.19. The summed E-state index contributed by atoms with van der Waals surface area (Å²) in [5.74, 6) is -0.378. The molecule has 126 valence electrons. The van der Waals surface area contributed by atoms with Crippen LogP contribution in [0.1, 0.15) is 15.9 Å². The molecule has 0 aliphatic carbocycles. The molecule has 24 heavy (non-hydrogen) atoms. The van der Waals surface area contributed by atoms with Crippen LogP contribution >= 0.6 is 11.6 Å². The van der Waals surface area contributed by atoms with Crippen molar-refractivity contribution in [3.05, 3.63) is 64.7 Å². The number of allylic oxidation sites excluding steroid dienone is 1. The van der Waals surface area contributed by atoms with Gasteiger partial charge in [0, 0.05) is 19.7 Å². The number of benzene rings is 2. The van der Waals surface area contributed by atoms with Crippen molar-refractivity contribution in [2.45, 2.75) is 4.90 Å². The van der Waals surface area contributed by atoms with Crippen molar-refractivity contribution in [2.24, 2.45) is 0 Å². The number of carbonyl (C=O) groups is 1. The van der Waals surface area contributed by atoms with Crippen molar-refractivity contribution in [1.29, 1.82) is 0 Å². The molecule has 2 aromatic carbocycles. The van der Waals surface area contributed by atoms with Crippen molar-refractivity contribution >= 4 is 33.5 Å². The van der Waals surface area contributed by atoms with E-state index in [0.29, 0.717) is 5.56 Å². The van der Waals surface area contributed by atoms with Crippen LogP contribution in [0.3, 0.4) is 0 Å². The second-order valence-corrected chi connectivity index (χ2v) is 7.78. The molecule has 7 heteroatoms. The van der Waals surface area contributed by atoms with E-state index in [1.165, 1.54) is 50.5 Å². The Kier molecular flexibility index (Phi) is 5.43. The molecular weight excluding hydrogens is 350 g/mol. The van der Waals surface area contributed by atoms with Crippen LogP contribution in [0.15, 0.2) is 53.4 Å². The summed E-state index contributed by atoms with van der Waals surface area (Å²) < 4.78 is 25.3. The summed E-state index contributed by atoms with van der Waals surface area (Å²) in [6.45, 7) is 0. The summed E-state index contributed by atoms with van der Waals surface area (Å²) in [6.07, 6.45) is 2.87. The van der Waals surface area contributed by atoms with Gasteiger partial charge in [0.2, 0.25) is 10.0 Å². The molecule has 0 saturated carbocycles. The summed E-state index contributed by atoms with van der Waals surface area (Å²) in [5.41, 5.74) is 0.905. The number of phenols is 1. The zero-order valence-electron chi connectivity index (χ0n) is 13.1. The summed E-state index contributed by atoms with van der Waals surface area (Å²) in [5, 5.41) is 9.55. The Bertz CT molecular complexity index is 905. The summed E-state index contributed by atoms with van der Waals surface area (Å²) in [7, 11) is -0.741. The maximum absolute atomic E-state index is 12.2. The van der Waals surface area contributed by atoms with E-state index in [1.54, 1.807) is 18.2 Å². The number of halogens is 1. The van der Waals surface area contributed by atoms with Crippen LogP contribution in [0.25, 0.3) is 6.08 Å². The first-order valence-corrected chi connectivity index (χ1v) is 8.77. The van der Waals surface area contributed by atoms with E-state index in [9.17, 15) is 18.3 Å². The van der Waals surface area contributed by atoms with Crippen LogP contribution in [0.2, 0.25) is 5.02 Å². The first-order chi connectivity index (χ1) is 11.2. The minimum atomic E-state index is -3.60. The molecule has 0 unspecified atom stereocenters. The first-order valence-electron chi connectivity index (χ1n) is 6.95. The molecule has 2 rings (SSSR count). The lowest BCUT2D eigenvalue weighted by Gasteiger charge is -2.11. The number of hydrogen-bond donors (Lipinski definition) is 1. The van der Waals surface area contributed by atoms with E-state index in [-0.39, 0.29) is 27.0 Å². The highest BCUT2D eigenvalue weighted by molar-refractivity contribution is 7.89. The fourth-order valence-electron chi connectivity index (χ4n) is 1.92. The van der Waals surface area contributed by atoms with Gasteiger partial charge in [-0.15, -0.1) is 0 Å². The van der Waals surface area contributed by atoms with Gasteiger partial charge in [-0.3, -0.25) is 4.79 Å². The SMILES string of the molecule is CN(C)S(=O)(=O)c1cccc(C(=O)/C=C/c2ccc(O)c(Cl)c2)c1. The maximum Gasteiger partial charge on any atom is 0.242 e. The number of carbonyl (C=O) groups excluding carboxylic acids is 1. The smallest absolute Gasteiger partial charge is 0.242 e. The van der Waals surface area contributed by atoms with E-state index in [1.807, 2.05) is 0 Å². The Hall–Kier alpha value is -2.15. The Morgan fingerprint density at radius 2 is 1.88 bits per heavy atom. The first kappa shape index (κ1) is 18.2. The number of phenolic OH excluding ortho intramolecular Hbond substituents is 1. The normalized spacial score (nSPS) is 12.0. The molecule has 0 radical (unpaired) electrons. The monoisotopic (exact) mass is 365 g/mol. The lowest BCUT2D eigenvalue weighted by Crippen LogP contribution is -2.22. The van der Waals surface area contributed by atoms with Crippen molar-refractivity contribution in [2.75, 3.05) is 14.1 Å². The minimum Gasteiger partial charge on any atom is -0.506 e. The maximum atomic E-state index is 12.2. The number of sulfonamides is 1. The van der Waals surface area contributed by atoms with E-state index in [0.717, 1.165) is 4.31 Å². The zero-order chi connectivity index (χ0) is 17.9. The molecule has 0 fully saturated rings. The molecule has 2 aromatic rings. The van der Waals surface area contributed by atoms with Gasteiger partial charge in [-0.05, 0) is 35.9 Å². The van der Waals surface area contributed by atoms with Gasteiger partial charge in [-0.2, -0.15) is 0 Å². The van der Waals surface area contributed by atoms with Gasteiger partial charge in [0.1, 0.15) is 5.75 Å². The highest BCUT2D eigenvalue weighted by Gasteiger charge is 2.18. The van der Waals surface area contributed by atoms with Crippen molar-refractivity contribution < 1.29 is 18.3 Å². The Balaban J connectivity index is 2.27. The Morgan fingerprint density at radius 3 is 2.50 bits per heavy atom. The Labute approximate surface area is 145 Å².